The van der Waals surface area contributed by atoms with Gasteiger partial charge in [-0.1, -0.05) is 34.1 Å². The van der Waals surface area contributed by atoms with E-state index >= 15 is 0 Å². The van der Waals surface area contributed by atoms with Crippen LogP contribution in [0.5, 0.6) is 11.5 Å². The number of amides is 1. The van der Waals surface area contributed by atoms with Crippen LogP contribution in [0, 0.1) is 5.82 Å². The second-order valence-corrected chi connectivity index (χ2v) is 8.88. The summed E-state index contributed by atoms with van der Waals surface area (Å²) >= 11 is 10.1. The topological polar surface area (TPSA) is 77.0 Å². The number of hydrazone groups is 1. The molecule has 0 fully saturated rings. The molecule has 0 radical (unpaired) electrons. The van der Waals surface area contributed by atoms with Crippen LogP contribution in [0.4, 0.5) is 4.39 Å². The Bertz CT molecular complexity index is 1160. The molecule has 32 heavy (non-hydrogen) atoms. The van der Waals surface area contributed by atoms with E-state index < -0.39 is 17.7 Å². The molecule has 1 amide bonds. The molecule has 0 aromatic heterocycles. The number of ether oxygens (including phenoxy) is 2. The lowest BCUT2D eigenvalue weighted by molar-refractivity contribution is -0.123. The minimum atomic E-state index is -0.686. The lowest BCUT2D eigenvalue weighted by atomic mass is 10.2. The predicted octanol–water partition coefficient (Wildman–Crippen LogP) is 5.86. The van der Waals surface area contributed by atoms with Gasteiger partial charge in [0.05, 0.1) is 20.7 Å². The van der Waals surface area contributed by atoms with Gasteiger partial charge in [0.2, 0.25) is 0 Å². The summed E-state index contributed by atoms with van der Waals surface area (Å²) < 4.78 is 26.2. The zero-order valence-corrected chi connectivity index (χ0v) is 20.9. The number of rotatable bonds is 7. The molecule has 3 aromatic rings. The molecule has 3 aromatic carbocycles. The summed E-state index contributed by atoms with van der Waals surface area (Å²) in [5.41, 5.74) is 3.04. The smallest absolute Gasteiger partial charge is 0.343 e. The molecule has 0 unspecified atom stereocenters. The van der Waals surface area contributed by atoms with E-state index in [0.29, 0.717) is 20.3 Å². The Balaban J connectivity index is 1.54. The van der Waals surface area contributed by atoms with E-state index in [4.69, 9.17) is 9.47 Å². The number of nitrogens with zero attached hydrogens (tertiary/aromatic N) is 1. The van der Waals surface area contributed by atoms with Crippen LogP contribution in [-0.2, 0) is 4.79 Å². The predicted molar refractivity (Wildman–Crippen MR) is 129 cm³/mol. The summed E-state index contributed by atoms with van der Waals surface area (Å²) in [4.78, 5) is 24.1. The molecule has 6 nitrogen and oxygen atoms in total. The highest BCUT2D eigenvalue weighted by atomic mass is 79.9. The summed E-state index contributed by atoms with van der Waals surface area (Å²) in [5.74, 6) is -0.936. The third-order valence-electron chi connectivity index (χ3n) is 3.84. The summed E-state index contributed by atoms with van der Waals surface area (Å²) in [6, 6.07) is 15.3. The van der Waals surface area contributed by atoms with Crippen molar-refractivity contribution in [3.05, 3.63) is 91.0 Å². The monoisotopic (exact) mass is 626 g/mol. The second-order valence-electron chi connectivity index (χ2n) is 6.25. The van der Waals surface area contributed by atoms with Crippen LogP contribution in [0.2, 0.25) is 0 Å². The first-order chi connectivity index (χ1) is 15.3. The normalized spacial score (nSPS) is 10.8. The lowest BCUT2D eigenvalue weighted by Crippen LogP contribution is -2.24. The number of hydrogen-bond acceptors (Lipinski definition) is 5. The van der Waals surface area contributed by atoms with Gasteiger partial charge in [0.1, 0.15) is 17.3 Å². The molecule has 0 saturated heterocycles. The largest absolute Gasteiger partial charge is 0.481 e. The Morgan fingerprint density at radius 2 is 1.72 bits per heavy atom. The third-order valence-corrected chi connectivity index (χ3v) is 5.48. The molecule has 0 saturated carbocycles. The molecule has 0 aliphatic rings. The van der Waals surface area contributed by atoms with Gasteiger partial charge in [0, 0.05) is 4.47 Å². The molecule has 0 spiro atoms. The zero-order valence-electron chi connectivity index (χ0n) is 16.2. The standard InChI is InChI=1S/C22H14Br3FN2O4/c23-15-9-18(24)21(19(25)10-15)31-12-20(29)28-27-11-13-3-1-6-17(7-13)32-22(30)14-4-2-5-16(26)8-14/h1-11H,12H2,(H,28,29). The molecule has 10 heteroatoms. The molecule has 0 heterocycles. The molecule has 0 aliphatic carbocycles. The van der Waals surface area contributed by atoms with Crippen molar-refractivity contribution in [2.75, 3.05) is 6.61 Å². The van der Waals surface area contributed by atoms with Crippen molar-refractivity contribution in [2.24, 2.45) is 5.10 Å². The molecule has 3 rings (SSSR count). The molecule has 0 atom stereocenters. The van der Waals surface area contributed by atoms with E-state index in [2.05, 4.69) is 58.3 Å². The van der Waals surface area contributed by atoms with Crippen LogP contribution in [-0.4, -0.2) is 24.7 Å². The van der Waals surface area contributed by atoms with Crippen LogP contribution in [0.3, 0.4) is 0 Å². The Hall–Kier alpha value is -2.56. The Morgan fingerprint density at radius 3 is 2.44 bits per heavy atom. The van der Waals surface area contributed by atoms with Gasteiger partial charge in [-0.05, 0) is 79.9 Å². The van der Waals surface area contributed by atoms with Gasteiger partial charge in [-0.3, -0.25) is 4.79 Å². The van der Waals surface area contributed by atoms with Gasteiger partial charge in [0.25, 0.3) is 5.91 Å². The maximum atomic E-state index is 13.3. The van der Waals surface area contributed by atoms with Gasteiger partial charge in [0.15, 0.2) is 6.61 Å². The maximum Gasteiger partial charge on any atom is 0.343 e. The second kappa shape index (κ2) is 11.3. The Kier molecular flexibility index (Phi) is 8.54. The average molecular weight is 629 g/mol. The van der Waals surface area contributed by atoms with Crippen LogP contribution >= 0.6 is 47.8 Å². The highest BCUT2D eigenvalue weighted by Crippen LogP contribution is 2.36. The van der Waals surface area contributed by atoms with Gasteiger partial charge in [-0.25, -0.2) is 14.6 Å². The first kappa shape index (κ1) is 24.1. The number of nitrogens with one attached hydrogen (secondary N) is 1. The van der Waals surface area contributed by atoms with E-state index in [9.17, 15) is 14.0 Å². The van der Waals surface area contributed by atoms with Crippen molar-refractivity contribution in [3.8, 4) is 11.5 Å². The van der Waals surface area contributed by atoms with Crippen molar-refractivity contribution in [1.29, 1.82) is 0 Å². The minimum Gasteiger partial charge on any atom is -0.481 e. The van der Waals surface area contributed by atoms with E-state index in [1.165, 1.54) is 24.4 Å². The van der Waals surface area contributed by atoms with E-state index in [0.717, 1.165) is 10.5 Å². The van der Waals surface area contributed by atoms with Gasteiger partial charge < -0.3 is 9.47 Å². The van der Waals surface area contributed by atoms with Crippen LogP contribution in [0.25, 0.3) is 0 Å². The Morgan fingerprint density at radius 1 is 1.00 bits per heavy atom. The number of halogens is 4. The maximum absolute atomic E-state index is 13.3. The fourth-order valence-electron chi connectivity index (χ4n) is 2.46. The number of carbonyl (C=O) groups is 2. The molecule has 164 valence electrons. The highest BCUT2D eigenvalue weighted by molar-refractivity contribution is 9.11. The van der Waals surface area contributed by atoms with Crippen LogP contribution in [0.1, 0.15) is 15.9 Å². The van der Waals surface area contributed by atoms with E-state index in [1.54, 1.807) is 36.4 Å². The van der Waals surface area contributed by atoms with Gasteiger partial charge >= 0.3 is 5.97 Å². The number of esters is 1. The Labute approximate surface area is 208 Å². The third kappa shape index (κ3) is 6.98. The van der Waals surface area contributed by atoms with Crippen molar-refractivity contribution in [3.63, 3.8) is 0 Å². The fraction of sp³-hybridized carbons (Fsp3) is 0.0455. The van der Waals surface area contributed by atoms with Crippen molar-refractivity contribution in [1.82, 2.24) is 5.43 Å². The first-order valence-corrected chi connectivity index (χ1v) is 11.4. The number of carbonyl (C=O) groups excluding carboxylic acids is 2. The van der Waals surface area contributed by atoms with Crippen LogP contribution in [0.15, 0.2) is 79.2 Å². The SMILES string of the molecule is O=C(COc1c(Br)cc(Br)cc1Br)NN=Cc1cccc(OC(=O)c2cccc(F)c2)c1. The van der Waals surface area contributed by atoms with Crippen molar-refractivity contribution < 1.29 is 23.5 Å². The van der Waals surface area contributed by atoms with Crippen LogP contribution < -0.4 is 14.9 Å². The molecular formula is C22H14Br3FN2O4. The van der Waals surface area contributed by atoms with E-state index in [1.807, 2.05) is 0 Å². The van der Waals surface area contributed by atoms with Crippen molar-refractivity contribution >= 4 is 65.9 Å². The zero-order chi connectivity index (χ0) is 23.1. The fourth-order valence-corrected chi connectivity index (χ4v) is 4.94. The molecule has 0 bridgehead atoms. The lowest BCUT2D eigenvalue weighted by Gasteiger charge is -2.10. The van der Waals surface area contributed by atoms with Gasteiger partial charge in [-0.2, -0.15) is 5.10 Å². The first-order valence-electron chi connectivity index (χ1n) is 8.99. The minimum absolute atomic E-state index is 0.0976. The summed E-state index contributed by atoms with van der Waals surface area (Å²) in [5, 5.41) is 3.88. The summed E-state index contributed by atoms with van der Waals surface area (Å²) in [6.07, 6.45) is 1.39. The number of hydrogen-bond donors (Lipinski definition) is 1. The average Bonchev–Trinajstić information content (AvgIpc) is 2.73. The highest BCUT2D eigenvalue weighted by Gasteiger charge is 2.11. The van der Waals surface area contributed by atoms with E-state index in [-0.39, 0.29) is 17.9 Å². The number of benzene rings is 3. The summed E-state index contributed by atoms with van der Waals surface area (Å²) in [7, 11) is 0. The summed E-state index contributed by atoms with van der Waals surface area (Å²) in [6.45, 7) is -0.249. The van der Waals surface area contributed by atoms with Crippen molar-refractivity contribution in [2.45, 2.75) is 0 Å². The van der Waals surface area contributed by atoms with Gasteiger partial charge in [-0.15, -0.1) is 0 Å². The quantitative estimate of drug-likeness (QED) is 0.154. The molecule has 1 N–H and O–H groups in total. The molecule has 0 aliphatic heterocycles. The molecular weight excluding hydrogens is 615 g/mol.